The topological polar surface area (TPSA) is 55.5 Å². The van der Waals surface area contributed by atoms with Gasteiger partial charge in [-0.15, -0.1) is 0 Å². The van der Waals surface area contributed by atoms with Gasteiger partial charge in [0.15, 0.2) is 0 Å². The van der Waals surface area contributed by atoms with E-state index in [2.05, 4.69) is 0 Å². The lowest BCUT2D eigenvalue weighted by molar-refractivity contribution is 0.0832. The summed E-state index contributed by atoms with van der Waals surface area (Å²) in [7, 11) is 0. The number of hydrogen-bond acceptors (Lipinski definition) is 3. The zero-order valence-electron chi connectivity index (χ0n) is 7.02. The Morgan fingerprint density at radius 2 is 2.17 bits per heavy atom. The Kier molecular flexibility index (Phi) is 1.35. The standard InChI is InChI=1S/C9H15NO2/c10-8-4-1-5-7(6(4)2-11)3-12-9(5)8/h4-9,11H,1-3,10H2. The zero-order valence-corrected chi connectivity index (χ0v) is 7.02. The van der Waals surface area contributed by atoms with E-state index >= 15 is 0 Å². The molecule has 3 nitrogen and oxygen atoms in total. The van der Waals surface area contributed by atoms with Crippen LogP contribution in [-0.2, 0) is 4.74 Å². The van der Waals surface area contributed by atoms with Gasteiger partial charge in [-0.2, -0.15) is 0 Å². The largest absolute Gasteiger partial charge is 0.396 e. The molecule has 6 atom stereocenters. The molecule has 2 saturated carbocycles. The van der Waals surface area contributed by atoms with Gasteiger partial charge >= 0.3 is 0 Å². The Bertz CT molecular complexity index is 209. The number of hydrogen-bond donors (Lipinski definition) is 2. The van der Waals surface area contributed by atoms with Gasteiger partial charge in [0.25, 0.3) is 0 Å². The van der Waals surface area contributed by atoms with Crippen LogP contribution in [0.25, 0.3) is 0 Å². The molecule has 0 aromatic carbocycles. The van der Waals surface area contributed by atoms with Gasteiger partial charge in [0.1, 0.15) is 0 Å². The van der Waals surface area contributed by atoms with Crippen LogP contribution in [-0.4, -0.2) is 30.5 Å². The number of rotatable bonds is 1. The molecule has 0 aromatic heterocycles. The van der Waals surface area contributed by atoms with Crippen molar-refractivity contribution in [1.82, 2.24) is 0 Å². The van der Waals surface area contributed by atoms with Gasteiger partial charge in [-0.05, 0) is 30.1 Å². The first-order chi connectivity index (χ1) is 5.83. The van der Waals surface area contributed by atoms with Crippen LogP contribution in [0.2, 0.25) is 0 Å². The fraction of sp³-hybridized carbons (Fsp3) is 1.00. The Labute approximate surface area is 71.9 Å². The molecule has 1 heterocycles. The molecular formula is C9H15NO2. The summed E-state index contributed by atoms with van der Waals surface area (Å²) < 4.78 is 5.64. The molecule has 3 rings (SSSR count). The van der Waals surface area contributed by atoms with Crippen LogP contribution in [0, 0.1) is 23.7 Å². The first-order valence-electron chi connectivity index (χ1n) is 4.81. The number of nitrogens with two attached hydrogens (primary N) is 1. The summed E-state index contributed by atoms with van der Waals surface area (Å²) in [5.41, 5.74) is 6.03. The fourth-order valence-corrected chi connectivity index (χ4v) is 3.62. The zero-order chi connectivity index (χ0) is 8.29. The molecule has 68 valence electrons. The van der Waals surface area contributed by atoms with Gasteiger partial charge in [0, 0.05) is 12.6 Å². The SMILES string of the molecule is NC1C2CC3C(COC13)C2CO. The van der Waals surface area contributed by atoms with Gasteiger partial charge in [-0.25, -0.2) is 0 Å². The lowest BCUT2D eigenvalue weighted by Gasteiger charge is -2.29. The lowest BCUT2D eigenvalue weighted by Crippen LogP contribution is -2.44. The van der Waals surface area contributed by atoms with Gasteiger partial charge < -0.3 is 15.6 Å². The maximum absolute atomic E-state index is 9.21. The van der Waals surface area contributed by atoms with Crippen molar-refractivity contribution in [2.24, 2.45) is 29.4 Å². The second kappa shape index (κ2) is 2.22. The van der Waals surface area contributed by atoms with Crippen LogP contribution in [0.15, 0.2) is 0 Å². The Morgan fingerprint density at radius 3 is 2.92 bits per heavy atom. The van der Waals surface area contributed by atoms with E-state index in [-0.39, 0.29) is 6.04 Å². The average molecular weight is 169 g/mol. The highest BCUT2D eigenvalue weighted by atomic mass is 16.5. The predicted molar refractivity (Wildman–Crippen MR) is 43.4 cm³/mol. The van der Waals surface area contributed by atoms with Crippen molar-refractivity contribution in [1.29, 1.82) is 0 Å². The van der Waals surface area contributed by atoms with E-state index in [1.54, 1.807) is 0 Å². The first-order valence-corrected chi connectivity index (χ1v) is 4.81. The molecule has 3 heteroatoms. The third kappa shape index (κ3) is 0.640. The van der Waals surface area contributed by atoms with E-state index in [0.29, 0.717) is 36.4 Å². The van der Waals surface area contributed by atoms with E-state index < -0.39 is 0 Å². The Hall–Kier alpha value is -0.120. The first kappa shape index (κ1) is 7.30. The number of ether oxygens (including phenoxy) is 1. The van der Waals surface area contributed by atoms with Crippen LogP contribution >= 0.6 is 0 Å². The van der Waals surface area contributed by atoms with Crippen molar-refractivity contribution < 1.29 is 9.84 Å². The van der Waals surface area contributed by atoms with Gasteiger partial charge in [-0.3, -0.25) is 0 Å². The molecule has 0 spiro atoms. The van der Waals surface area contributed by atoms with Crippen molar-refractivity contribution in [3.05, 3.63) is 0 Å². The highest BCUT2D eigenvalue weighted by Gasteiger charge is 2.60. The molecule has 0 radical (unpaired) electrons. The maximum Gasteiger partial charge on any atom is 0.0760 e. The average Bonchev–Trinajstić information content (AvgIpc) is 2.62. The van der Waals surface area contributed by atoms with E-state index in [4.69, 9.17) is 10.5 Å². The second-order valence-corrected chi connectivity index (χ2v) is 4.45. The minimum absolute atomic E-state index is 0.200. The quantitative estimate of drug-likeness (QED) is 0.561. The van der Waals surface area contributed by atoms with Crippen molar-refractivity contribution in [2.45, 2.75) is 18.6 Å². The summed E-state index contributed by atoms with van der Waals surface area (Å²) in [6.07, 6.45) is 1.52. The summed E-state index contributed by atoms with van der Waals surface area (Å²) in [5, 5.41) is 9.21. The highest BCUT2D eigenvalue weighted by molar-refractivity contribution is 5.10. The summed E-state index contributed by atoms with van der Waals surface area (Å²) >= 11 is 0. The lowest BCUT2D eigenvalue weighted by atomic mass is 9.78. The minimum atomic E-state index is 0.200. The molecule has 3 fully saturated rings. The van der Waals surface area contributed by atoms with E-state index in [0.717, 1.165) is 6.61 Å². The molecule has 3 N–H and O–H groups in total. The van der Waals surface area contributed by atoms with Gasteiger partial charge in [-0.1, -0.05) is 0 Å². The minimum Gasteiger partial charge on any atom is -0.396 e. The number of aliphatic hydroxyl groups excluding tert-OH is 1. The van der Waals surface area contributed by atoms with Crippen LogP contribution < -0.4 is 5.73 Å². The number of aliphatic hydroxyl groups is 1. The highest BCUT2D eigenvalue weighted by Crippen LogP contribution is 2.56. The summed E-state index contributed by atoms with van der Waals surface area (Å²) in [6.45, 7) is 1.14. The Balaban J connectivity index is 1.95. The van der Waals surface area contributed by atoms with E-state index in [1.165, 1.54) is 6.42 Å². The fourth-order valence-electron chi connectivity index (χ4n) is 3.62. The van der Waals surface area contributed by atoms with Crippen molar-refractivity contribution in [2.75, 3.05) is 13.2 Å². The van der Waals surface area contributed by atoms with Crippen LogP contribution in [0.3, 0.4) is 0 Å². The molecule has 12 heavy (non-hydrogen) atoms. The summed E-state index contributed by atoms with van der Waals surface area (Å²) in [6, 6.07) is 0.200. The maximum atomic E-state index is 9.21. The number of fused-ring (bicyclic) bond motifs is 1. The molecule has 2 aliphatic carbocycles. The normalized spacial score (nSPS) is 61.5. The molecule has 3 aliphatic rings. The third-order valence-corrected chi connectivity index (χ3v) is 4.18. The monoisotopic (exact) mass is 169 g/mol. The molecule has 0 aromatic rings. The van der Waals surface area contributed by atoms with Crippen molar-refractivity contribution in [3.8, 4) is 0 Å². The Morgan fingerprint density at radius 1 is 1.33 bits per heavy atom. The van der Waals surface area contributed by atoms with Gasteiger partial charge in [0.2, 0.25) is 0 Å². The molecule has 1 aliphatic heterocycles. The second-order valence-electron chi connectivity index (χ2n) is 4.45. The summed E-state index contributed by atoms with van der Waals surface area (Å²) in [4.78, 5) is 0. The molecule has 6 unspecified atom stereocenters. The smallest absolute Gasteiger partial charge is 0.0760 e. The molecule has 1 saturated heterocycles. The predicted octanol–water partition coefficient (Wildman–Crippen LogP) is -0.413. The van der Waals surface area contributed by atoms with Crippen LogP contribution in [0.1, 0.15) is 6.42 Å². The van der Waals surface area contributed by atoms with Gasteiger partial charge in [0.05, 0.1) is 12.7 Å². The molecule has 0 amide bonds. The van der Waals surface area contributed by atoms with Crippen molar-refractivity contribution >= 4 is 0 Å². The van der Waals surface area contributed by atoms with Crippen LogP contribution in [0.4, 0.5) is 0 Å². The molecular weight excluding hydrogens is 154 g/mol. The van der Waals surface area contributed by atoms with Crippen molar-refractivity contribution in [3.63, 3.8) is 0 Å². The van der Waals surface area contributed by atoms with E-state index in [1.807, 2.05) is 0 Å². The van der Waals surface area contributed by atoms with E-state index in [9.17, 15) is 5.11 Å². The van der Waals surface area contributed by atoms with Crippen LogP contribution in [0.5, 0.6) is 0 Å². The molecule has 2 bridgehead atoms. The summed E-state index contributed by atoms with van der Waals surface area (Å²) in [5.74, 6) is 2.26. The third-order valence-electron chi connectivity index (χ3n) is 4.18.